The number of thiophene rings is 1. The molecule has 0 fully saturated rings. The summed E-state index contributed by atoms with van der Waals surface area (Å²) in [6, 6.07) is 20.9. The lowest BCUT2D eigenvalue weighted by Gasteiger charge is -2.14. The molecule has 6 heteroatoms. The molecule has 0 spiro atoms. The number of hydrogen-bond acceptors (Lipinski definition) is 4. The predicted molar refractivity (Wildman–Crippen MR) is 155 cm³/mol. The van der Waals surface area contributed by atoms with E-state index in [1.807, 2.05) is 35.6 Å². The molecule has 0 aliphatic carbocycles. The van der Waals surface area contributed by atoms with E-state index in [9.17, 15) is 0 Å². The van der Waals surface area contributed by atoms with Crippen molar-refractivity contribution >= 4 is 50.7 Å². The van der Waals surface area contributed by atoms with Gasteiger partial charge in [0.15, 0.2) is 0 Å². The molecule has 1 unspecified atom stereocenters. The van der Waals surface area contributed by atoms with Gasteiger partial charge < -0.3 is 10.1 Å². The summed E-state index contributed by atoms with van der Waals surface area (Å²) < 4.78 is 5.77. The van der Waals surface area contributed by atoms with Gasteiger partial charge in [-0.3, -0.25) is 5.32 Å². The zero-order chi connectivity index (χ0) is 24.5. The van der Waals surface area contributed by atoms with Gasteiger partial charge >= 0.3 is 0 Å². The molecular formula is C29H33ClN2OS2. The van der Waals surface area contributed by atoms with E-state index in [1.165, 1.54) is 21.6 Å². The van der Waals surface area contributed by atoms with Crippen LogP contribution in [0.5, 0.6) is 0 Å². The third kappa shape index (κ3) is 7.48. The molecule has 0 radical (unpaired) electrons. The van der Waals surface area contributed by atoms with Gasteiger partial charge in [0.05, 0.1) is 18.3 Å². The van der Waals surface area contributed by atoms with Crippen molar-refractivity contribution < 1.29 is 4.74 Å². The highest BCUT2D eigenvalue weighted by molar-refractivity contribution is 7.80. The molecule has 1 aliphatic rings. The number of fused-ring (bicyclic) bond motifs is 1. The van der Waals surface area contributed by atoms with Crippen LogP contribution in [0.1, 0.15) is 47.8 Å². The predicted octanol–water partition coefficient (Wildman–Crippen LogP) is 7.74. The Balaban J connectivity index is 1.30. The average Bonchev–Trinajstić information content (AvgIpc) is 3.18. The van der Waals surface area contributed by atoms with E-state index < -0.39 is 0 Å². The second-order valence-electron chi connectivity index (χ2n) is 8.86. The van der Waals surface area contributed by atoms with Crippen molar-refractivity contribution in [3.05, 3.63) is 93.3 Å². The van der Waals surface area contributed by atoms with Crippen LogP contribution in [0.15, 0.2) is 66.7 Å². The molecule has 184 valence electrons. The standard InChI is InChI=1S/C29H33ClN2OS2/c1-2-21(14-16-31-20-33-17-15-22-8-4-3-5-9-22)18-23-19-26-24(25-10-6-7-11-27(25)30)12-13-28(34)32-29(26)35-23/h3-12,19,21,31H,2,13-18,20H2,1H3,(H,32,34). The first-order chi connectivity index (χ1) is 17.1. The van der Waals surface area contributed by atoms with Gasteiger partial charge in [-0.1, -0.05) is 91.8 Å². The number of anilines is 1. The van der Waals surface area contributed by atoms with Gasteiger partial charge in [0.1, 0.15) is 5.00 Å². The lowest BCUT2D eigenvalue weighted by Crippen LogP contribution is -2.22. The minimum absolute atomic E-state index is 0.601. The smallest absolute Gasteiger partial charge is 0.101 e. The maximum Gasteiger partial charge on any atom is 0.101 e. The van der Waals surface area contributed by atoms with Gasteiger partial charge in [-0.05, 0) is 55.0 Å². The molecule has 35 heavy (non-hydrogen) atoms. The minimum Gasteiger partial charge on any atom is -0.366 e. The Morgan fingerprint density at radius 1 is 1.11 bits per heavy atom. The van der Waals surface area contributed by atoms with Gasteiger partial charge in [-0.25, -0.2) is 0 Å². The highest BCUT2D eigenvalue weighted by atomic mass is 35.5. The Kier molecular flexibility index (Phi) is 9.93. The Morgan fingerprint density at radius 3 is 2.71 bits per heavy atom. The number of nitrogens with one attached hydrogen (secondary N) is 2. The van der Waals surface area contributed by atoms with Crippen LogP contribution in [0.3, 0.4) is 0 Å². The summed E-state index contributed by atoms with van der Waals surface area (Å²) in [7, 11) is 0. The maximum absolute atomic E-state index is 6.55. The van der Waals surface area contributed by atoms with Crippen LogP contribution < -0.4 is 10.6 Å². The molecule has 0 saturated carbocycles. The lowest BCUT2D eigenvalue weighted by atomic mass is 9.95. The molecule has 1 aromatic heterocycles. The fourth-order valence-corrected chi connectivity index (χ4v) is 6.04. The number of thiocarbonyl (C=S) groups is 1. The topological polar surface area (TPSA) is 33.3 Å². The van der Waals surface area contributed by atoms with Crippen molar-refractivity contribution in [3.8, 4) is 0 Å². The summed E-state index contributed by atoms with van der Waals surface area (Å²) >= 11 is 13.9. The van der Waals surface area contributed by atoms with Gasteiger partial charge in [-0.15, -0.1) is 11.3 Å². The third-order valence-corrected chi connectivity index (χ3v) is 8.03. The van der Waals surface area contributed by atoms with Crippen molar-refractivity contribution in [3.63, 3.8) is 0 Å². The molecule has 2 aromatic carbocycles. The molecule has 1 atom stereocenters. The molecule has 3 aromatic rings. The monoisotopic (exact) mass is 524 g/mol. The number of benzene rings is 2. The Bertz CT molecular complexity index is 1140. The van der Waals surface area contributed by atoms with E-state index >= 15 is 0 Å². The second-order valence-corrected chi connectivity index (χ2v) is 10.9. The van der Waals surface area contributed by atoms with E-state index in [2.05, 4.69) is 60.0 Å². The molecule has 1 aliphatic heterocycles. The van der Waals surface area contributed by atoms with Crippen LogP contribution in [-0.2, 0) is 17.6 Å². The van der Waals surface area contributed by atoms with Gasteiger partial charge in [0.25, 0.3) is 0 Å². The van der Waals surface area contributed by atoms with Crippen LogP contribution in [0.25, 0.3) is 5.57 Å². The Hall–Kier alpha value is -2.02. The summed E-state index contributed by atoms with van der Waals surface area (Å²) in [5.41, 5.74) is 4.76. The molecule has 0 bridgehead atoms. The SMILES string of the molecule is CCC(CCNCOCCc1ccccc1)Cc1cc2c(s1)NC(=S)CC=C2c1ccccc1Cl. The summed E-state index contributed by atoms with van der Waals surface area (Å²) in [5, 5.41) is 8.82. The van der Waals surface area contributed by atoms with Crippen molar-refractivity contribution in [2.75, 3.05) is 25.2 Å². The Morgan fingerprint density at radius 2 is 1.91 bits per heavy atom. The van der Waals surface area contributed by atoms with Crippen molar-refractivity contribution in [2.24, 2.45) is 5.92 Å². The number of halogens is 1. The van der Waals surface area contributed by atoms with Gasteiger partial charge in [0.2, 0.25) is 0 Å². The Labute approximate surface area is 223 Å². The van der Waals surface area contributed by atoms with Crippen LogP contribution in [-0.4, -0.2) is 24.9 Å². The van der Waals surface area contributed by atoms with Crippen molar-refractivity contribution in [1.82, 2.24) is 5.32 Å². The summed E-state index contributed by atoms with van der Waals surface area (Å²) in [6.45, 7) is 4.58. The zero-order valence-electron chi connectivity index (χ0n) is 20.2. The molecule has 2 heterocycles. The summed E-state index contributed by atoms with van der Waals surface area (Å²) in [6.07, 6.45) is 7.22. The van der Waals surface area contributed by atoms with E-state index in [0.29, 0.717) is 12.6 Å². The van der Waals surface area contributed by atoms with Gasteiger partial charge in [-0.2, -0.15) is 0 Å². The van der Waals surface area contributed by atoms with E-state index in [4.69, 9.17) is 28.6 Å². The van der Waals surface area contributed by atoms with Crippen LogP contribution in [0, 0.1) is 5.92 Å². The van der Waals surface area contributed by atoms with E-state index in [-0.39, 0.29) is 0 Å². The zero-order valence-corrected chi connectivity index (χ0v) is 22.6. The average molecular weight is 525 g/mol. The first kappa shape index (κ1) is 26.1. The van der Waals surface area contributed by atoms with E-state index in [0.717, 1.165) is 65.8 Å². The molecule has 0 amide bonds. The lowest BCUT2D eigenvalue weighted by molar-refractivity contribution is 0.118. The second kappa shape index (κ2) is 13.3. The maximum atomic E-state index is 6.55. The fourth-order valence-electron chi connectivity index (χ4n) is 4.35. The number of hydrogen-bond donors (Lipinski definition) is 2. The minimum atomic E-state index is 0.601. The first-order valence-corrected chi connectivity index (χ1v) is 13.9. The number of rotatable bonds is 12. The van der Waals surface area contributed by atoms with Crippen molar-refractivity contribution in [2.45, 2.75) is 39.0 Å². The first-order valence-electron chi connectivity index (χ1n) is 12.3. The molecule has 4 rings (SSSR count). The normalized spacial score (nSPS) is 14.1. The summed E-state index contributed by atoms with van der Waals surface area (Å²) in [5.74, 6) is 0.619. The van der Waals surface area contributed by atoms with Crippen LogP contribution >= 0.6 is 35.2 Å². The van der Waals surface area contributed by atoms with Crippen LogP contribution in [0.2, 0.25) is 5.02 Å². The highest BCUT2D eigenvalue weighted by Crippen LogP contribution is 2.41. The largest absolute Gasteiger partial charge is 0.366 e. The van der Waals surface area contributed by atoms with Gasteiger partial charge in [0, 0.05) is 27.4 Å². The summed E-state index contributed by atoms with van der Waals surface area (Å²) in [4.78, 5) is 2.24. The van der Waals surface area contributed by atoms with Crippen molar-refractivity contribution in [1.29, 1.82) is 0 Å². The van der Waals surface area contributed by atoms with Crippen LogP contribution in [0.4, 0.5) is 5.00 Å². The molecular weight excluding hydrogens is 492 g/mol. The van der Waals surface area contributed by atoms with E-state index in [1.54, 1.807) is 0 Å². The fraction of sp³-hybridized carbons (Fsp3) is 0.345. The quantitative estimate of drug-likeness (QED) is 0.144. The highest BCUT2D eigenvalue weighted by Gasteiger charge is 2.21. The molecule has 3 nitrogen and oxygen atoms in total. The molecule has 2 N–H and O–H groups in total. The molecule has 0 saturated heterocycles. The number of ether oxygens (including phenoxy) is 1. The third-order valence-electron chi connectivity index (χ3n) is 6.36.